The van der Waals surface area contributed by atoms with E-state index in [0.29, 0.717) is 33.0 Å². The van der Waals surface area contributed by atoms with Gasteiger partial charge in [0.25, 0.3) is 0 Å². The molecule has 1 amide bonds. The largest absolute Gasteiger partial charge is 0.530 e. The third-order valence-electron chi connectivity index (χ3n) is 7.60. The number of carbonyl (C=O) groups excluding carboxylic acids is 1. The smallest absolute Gasteiger partial charge is 0.137 e. The van der Waals surface area contributed by atoms with Gasteiger partial charge in [0.15, 0.2) is 0 Å². The lowest BCUT2D eigenvalue weighted by Crippen LogP contribution is -2.57. The summed E-state index contributed by atoms with van der Waals surface area (Å²) in [5.74, 6) is 0.622. The first-order chi connectivity index (χ1) is 20.6. The third kappa shape index (κ3) is 7.88. The highest BCUT2D eigenvalue weighted by Crippen LogP contribution is 2.34. The van der Waals surface area contributed by atoms with Crippen LogP contribution < -0.4 is 9.84 Å². The molecule has 1 aliphatic rings. The van der Waals surface area contributed by atoms with E-state index in [1.165, 1.54) is 10.3 Å². The molecule has 4 aromatic rings. The van der Waals surface area contributed by atoms with Crippen LogP contribution in [0.2, 0.25) is 0 Å². The Bertz CT molecular complexity index is 1410. The molecule has 1 saturated heterocycles. The first-order valence-corrected chi connectivity index (χ1v) is 14.6. The molecule has 0 aromatic heterocycles. The maximum Gasteiger partial charge on any atom is 0.137 e. The van der Waals surface area contributed by atoms with Crippen LogP contribution in [0.25, 0.3) is 10.8 Å². The van der Waals surface area contributed by atoms with Gasteiger partial charge in [0.05, 0.1) is 38.6 Å². The van der Waals surface area contributed by atoms with Crippen LogP contribution in [0.15, 0.2) is 97.1 Å². The maximum atomic E-state index is 11.9. The van der Waals surface area contributed by atoms with Gasteiger partial charge >= 0.3 is 0 Å². The lowest BCUT2D eigenvalue weighted by molar-refractivity contribution is -0.271. The highest BCUT2D eigenvalue weighted by Gasteiger charge is 2.39. The summed E-state index contributed by atoms with van der Waals surface area (Å²) in [6.45, 7) is 4.96. The van der Waals surface area contributed by atoms with Crippen molar-refractivity contribution < 1.29 is 28.8 Å². The van der Waals surface area contributed by atoms with Crippen LogP contribution in [0.5, 0.6) is 5.75 Å². The summed E-state index contributed by atoms with van der Waals surface area (Å²) in [4.78, 5) is 13.2. The summed E-state index contributed by atoms with van der Waals surface area (Å²) in [6, 6.07) is 32.5. The van der Waals surface area contributed by atoms with Crippen LogP contribution in [-0.4, -0.2) is 56.1 Å². The highest BCUT2D eigenvalue weighted by atomic mass is 16.5. The molecular weight excluding hydrogens is 530 g/mol. The minimum Gasteiger partial charge on any atom is -0.530 e. The van der Waals surface area contributed by atoms with E-state index in [9.17, 15) is 9.90 Å². The monoisotopic (exact) mass is 568 g/mol. The van der Waals surface area contributed by atoms with E-state index in [1.807, 2.05) is 61.5 Å². The van der Waals surface area contributed by atoms with Gasteiger partial charge in [-0.25, -0.2) is 0 Å². The first kappa shape index (κ1) is 29.6. The van der Waals surface area contributed by atoms with E-state index in [-0.39, 0.29) is 25.1 Å². The number of benzene rings is 4. The molecule has 3 atom stereocenters. The molecule has 4 aromatic carbocycles. The van der Waals surface area contributed by atoms with Crippen molar-refractivity contribution in [2.24, 2.45) is 0 Å². The Morgan fingerprint density at radius 1 is 0.786 bits per heavy atom. The number of piperidine rings is 1. The molecule has 0 aliphatic carbocycles. The molecule has 220 valence electrons. The molecule has 3 unspecified atom stereocenters. The van der Waals surface area contributed by atoms with Crippen LogP contribution in [0, 0.1) is 0 Å². The predicted molar refractivity (Wildman–Crippen MR) is 160 cm³/mol. The van der Waals surface area contributed by atoms with Gasteiger partial charge in [-0.1, -0.05) is 78.9 Å². The van der Waals surface area contributed by atoms with E-state index in [0.717, 1.165) is 34.2 Å². The SMILES string of the molecule is CCOC1CN(C(=O)[O-])CC(OCc2ccc3ccccc3c2)C1c1ccc(OCCCOCc2ccccc2)cc1. The van der Waals surface area contributed by atoms with Crippen molar-refractivity contribution in [2.45, 2.75) is 44.7 Å². The fraction of sp³-hybridized carbons (Fsp3) is 0.343. The Kier molecular flexibility index (Phi) is 10.4. The van der Waals surface area contributed by atoms with Gasteiger partial charge in [-0.3, -0.25) is 0 Å². The zero-order chi connectivity index (χ0) is 29.1. The molecule has 1 aliphatic heterocycles. The minimum absolute atomic E-state index is 0.151. The summed E-state index contributed by atoms with van der Waals surface area (Å²) in [5.41, 5.74) is 3.21. The molecule has 7 heteroatoms. The van der Waals surface area contributed by atoms with Crippen molar-refractivity contribution in [1.29, 1.82) is 0 Å². The number of amides is 1. The Balaban J connectivity index is 1.22. The van der Waals surface area contributed by atoms with Gasteiger partial charge in [-0.15, -0.1) is 0 Å². The molecule has 0 saturated carbocycles. The van der Waals surface area contributed by atoms with Crippen molar-refractivity contribution in [3.8, 4) is 5.75 Å². The molecule has 0 N–H and O–H groups in total. The summed E-state index contributed by atoms with van der Waals surface area (Å²) in [5, 5.41) is 14.2. The fourth-order valence-corrected chi connectivity index (χ4v) is 5.51. The van der Waals surface area contributed by atoms with Crippen LogP contribution in [0.4, 0.5) is 4.79 Å². The third-order valence-corrected chi connectivity index (χ3v) is 7.60. The second-order valence-corrected chi connectivity index (χ2v) is 10.5. The second-order valence-electron chi connectivity index (χ2n) is 10.5. The van der Waals surface area contributed by atoms with Gasteiger partial charge in [-0.2, -0.15) is 0 Å². The van der Waals surface area contributed by atoms with Crippen LogP contribution >= 0.6 is 0 Å². The standard InChI is InChI=1S/C35H39NO6/c1-2-40-32-22-36(35(37)38)23-33(42-25-27-13-14-28-11-6-7-12-30(28)21-27)34(32)29-15-17-31(18-16-29)41-20-8-19-39-24-26-9-4-3-5-10-26/h3-7,9-18,21,32-34H,2,8,19-20,22-25H2,1H3,(H,37,38)/p-1. The second kappa shape index (κ2) is 14.8. The Morgan fingerprint density at radius 2 is 1.50 bits per heavy atom. The molecular formula is C35H38NO6-. The van der Waals surface area contributed by atoms with E-state index >= 15 is 0 Å². The maximum absolute atomic E-state index is 11.9. The molecule has 5 rings (SSSR count). The number of nitrogens with zero attached hydrogens (tertiary/aromatic N) is 1. The lowest BCUT2D eigenvalue weighted by Gasteiger charge is -2.44. The van der Waals surface area contributed by atoms with Crippen molar-refractivity contribution in [3.05, 3.63) is 114 Å². The Morgan fingerprint density at radius 3 is 2.24 bits per heavy atom. The summed E-state index contributed by atoms with van der Waals surface area (Å²) in [7, 11) is 0. The van der Waals surface area contributed by atoms with Gasteiger partial charge in [0.1, 0.15) is 11.8 Å². The number of hydrogen-bond acceptors (Lipinski definition) is 6. The van der Waals surface area contributed by atoms with Crippen LogP contribution in [0.3, 0.4) is 0 Å². The average molecular weight is 569 g/mol. The molecule has 0 spiro atoms. The molecule has 0 radical (unpaired) electrons. The highest BCUT2D eigenvalue weighted by molar-refractivity contribution is 5.82. The van der Waals surface area contributed by atoms with Crippen molar-refractivity contribution in [3.63, 3.8) is 0 Å². The quantitative estimate of drug-likeness (QED) is 0.197. The van der Waals surface area contributed by atoms with E-state index in [1.54, 1.807) is 0 Å². The topological polar surface area (TPSA) is 80.3 Å². The normalized spacial score (nSPS) is 18.7. The van der Waals surface area contributed by atoms with Gasteiger partial charge < -0.3 is 33.7 Å². The zero-order valence-corrected chi connectivity index (χ0v) is 24.0. The number of carbonyl (C=O) groups is 1. The van der Waals surface area contributed by atoms with Gasteiger partial charge in [-0.05, 0) is 52.6 Å². The van der Waals surface area contributed by atoms with Crippen molar-refractivity contribution >= 4 is 16.9 Å². The van der Waals surface area contributed by atoms with Crippen molar-refractivity contribution in [1.82, 2.24) is 4.90 Å². The average Bonchev–Trinajstić information content (AvgIpc) is 3.02. The number of likely N-dealkylation sites (tertiary alicyclic amines) is 1. The fourth-order valence-electron chi connectivity index (χ4n) is 5.51. The number of ether oxygens (including phenoxy) is 4. The predicted octanol–water partition coefficient (Wildman–Crippen LogP) is 5.56. The van der Waals surface area contributed by atoms with Gasteiger partial charge in [0.2, 0.25) is 0 Å². The Labute approximate surface area is 247 Å². The molecule has 7 nitrogen and oxygen atoms in total. The first-order valence-electron chi connectivity index (χ1n) is 14.6. The molecule has 42 heavy (non-hydrogen) atoms. The molecule has 0 bridgehead atoms. The summed E-state index contributed by atoms with van der Waals surface area (Å²) < 4.78 is 24.2. The van der Waals surface area contributed by atoms with Crippen LogP contribution in [0.1, 0.15) is 36.0 Å². The number of carboxylic acid groups (broad SMARTS) is 1. The summed E-state index contributed by atoms with van der Waals surface area (Å²) >= 11 is 0. The van der Waals surface area contributed by atoms with E-state index < -0.39 is 12.2 Å². The number of hydrogen-bond donors (Lipinski definition) is 0. The van der Waals surface area contributed by atoms with Crippen molar-refractivity contribution in [2.75, 3.05) is 32.9 Å². The Hall–Kier alpha value is -3.91. The lowest BCUT2D eigenvalue weighted by atomic mass is 9.84. The molecule has 1 fully saturated rings. The molecule has 1 heterocycles. The number of rotatable bonds is 13. The summed E-state index contributed by atoms with van der Waals surface area (Å²) in [6.07, 6.45) is -1.20. The number of fused-ring (bicyclic) bond motifs is 1. The van der Waals surface area contributed by atoms with Gasteiger partial charge in [0, 0.05) is 32.0 Å². The zero-order valence-electron chi connectivity index (χ0n) is 24.0. The minimum atomic E-state index is -1.21. The van der Waals surface area contributed by atoms with E-state index in [4.69, 9.17) is 18.9 Å². The van der Waals surface area contributed by atoms with Crippen LogP contribution in [-0.2, 0) is 27.4 Å². The van der Waals surface area contributed by atoms with E-state index in [2.05, 4.69) is 42.5 Å².